The molecule has 2 aromatic heterocycles. The smallest absolute Gasteiger partial charge is 0.226 e. The number of nitrogens with zero attached hydrogens (tertiary/aromatic N) is 4. The van der Waals surface area contributed by atoms with Crippen LogP contribution < -0.4 is 10.2 Å². The number of aliphatic hydroxyl groups is 1. The van der Waals surface area contributed by atoms with E-state index in [4.69, 9.17) is 0 Å². The van der Waals surface area contributed by atoms with Gasteiger partial charge in [-0.15, -0.1) is 10.2 Å². The molecule has 2 N–H and O–H groups in total. The molecule has 0 radical (unpaired) electrons. The van der Waals surface area contributed by atoms with Crippen LogP contribution in [0.2, 0.25) is 0 Å². The lowest BCUT2D eigenvalue weighted by Crippen LogP contribution is -2.62. The molecule has 0 bridgehead atoms. The first-order valence-electron chi connectivity index (χ1n) is 9.13. The number of β-amino-alcohol motifs (C(OH)–C–C–N with tert-alkyl or cyclic N) is 1. The highest BCUT2D eigenvalue weighted by atomic mass is 32.1. The molecule has 0 aliphatic carbocycles. The van der Waals surface area contributed by atoms with Crippen LogP contribution in [0.25, 0.3) is 0 Å². The average molecular weight is 395 g/mol. The Kier molecular flexibility index (Phi) is 5.31. The number of carbonyl (C=O) groups excluding carboxylic acids is 1. The van der Waals surface area contributed by atoms with Crippen molar-refractivity contribution in [3.63, 3.8) is 0 Å². The minimum absolute atomic E-state index is 0.161. The fraction of sp³-hybridized carbons (Fsp3) is 0.300. The topological polar surface area (TPSA) is 91.2 Å². The number of rotatable bonds is 5. The highest BCUT2D eigenvalue weighted by Gasteiger charge is 2.45. The standard InChI is InChI=1S/C20H21N5O2S/c26-17-13-25(19-24-22-14-28-19)11-9-20(17,15-6-2-1-3-7-15)23-18(27)12-16-8-4-5-10-21-16/h1-8,10,14,17,26H,9,11-13H2,(H,23,27)/t17-,20+/m1/s1. The van der Waals surface area contributed by atoms with Gasteiger partial charge in [-0.2, -0.15) is 0 Å². The molecule has 1 aliphatic heterocycles. The minimum atomic E-state index is -0.853. The van der Waals surface area contributed by atoms with Crippen LogP contribution in [0.15, 0.2) is 60.2 Å². The Hall–Kier alpha value is -2.84. The largest absolute Gasteiger partial charge is 0.388 e. The van der Waals surface area contributed by atoms with E-state index < -0.39 is 11.6 Å². The number of anilines is 1. The molecule has 0 unspecified atom stereocenters. The summed E-state index contributed by atoms with van der Waals surface area (Å²) in [5.41, 5.74) is 2.42. The number of hydrogen-bond donors (Lipinski definition) is 2. The van der Waals surface area contributed by atoms with Crippen molar-refractivity contribution in [1.29, 1.82) is 0 Å². The SMILES string of the molecule is O=C(Cc1ccccn1)N[C@]1(c2ccccc2)CCN(c2nncs2)C[C@H]1O. The Morgan fingerprint density at radius 2 is 2.07 bits per heavy atom. The molecule has 28 heavy (non-hydrogen) atoms. The molecule has 1 amide bonds. The van der Waals surface area contributed by atoms with Crippen molar-refractivity contribution in [1.82, 2.24) is 20.5 Å². The summed E-state index contributed by atoms with van der Waals surface area (Å²) in [6.45, 7) is 1.03. The van der Waals surface area contributed by atoms with Gasteiger partial charge in [0, 0.05) is 25.0 Å². The van der Waals surface area contributed by atoms with Crippen molar-refractivity contribution in [2.75, 3.05) is 18.0 Å². The van der Waals surface area contributed by atoms with Crippen LogP contribution in [0, 0.1) is 0 Å². The van der Waals surface area contributed by atoms with Gasteiger partial charge in [0.25, 0.3) is 0 Å². The zero-order valence-electron chi connectivity index (χ0n) is 15.2. The van der Waals surface area contributed by atoms with Crippen molar-refractivity contribution in [3.05, 3.63) is 71.5 Å². The van der Waals surface area contributed by atoms with Gasteiger partial charge in [0.1, 0.15) is 5.51 Å². The zero-order chi connectivity index (χ0) is 19.4. The number of hydrogen-bond acceptors (Lipinski definition) is 7. The van der Waals surface area contributed by atoms with E-state index in [1.54, 1.807) is 11.7 Å². The summed E-state index contributed by atoms with van der Waals surface area (Å²) in [4.78, 5) is 19.1. The third-order valence-electron chi connectivity index (χ3n) is 5.08. The van der Waals surface area contributed by atoms with Gasteiger partial charge in [0.15, 0.2) is 0 Å². The van der Waals surface area contributed by atoms with Crippen molar-refractivity contribution in [2.45, 2.75) is 24.5 Å². The third-order valence-corrected chi connectivity index (χ3v) is 5.83. The van der Waals surface area contributed by atoms with Crippen LogP contribution in [-0.4, -0.2) is 45.4 Å². The molecule has 0 spiro atoms. The molecule has 1 saturated heterocycles. The summed E-state index contributed by atoms with van der Waals surface area (Å²) < 4.78 is 0. The van der Waals surface area contributed by atoms with Gasteiger partial charge in [0.05, 0.1) is 18.1 Å². The van der Waals surface area contributed by atoms with Gasteiger partial charge in [-0.25, -0.2) is 0 Å². The number of aromatic nitrogens is 3. The Morgan fingerprint density at radius 1 is 1.25 bits per heavy atom. The Bertz CT molecular complexity index is 907. The van der Waals surface area contributed by atoms with E-state index in [2.05, 4.69) is 20.5 Å². The molecule has 144 valence electrons. The van der Waals surface area contributed by atoms with Gasteiger partial charge < -0.3 is 15.3 Å². The molecule has 1 aliphatic rings. The normalized spacial score (nSPS) is 22.0. The number of pyridine rings is 1. The number of nitrogens with one attached hydrogen (secondary N) is 1. The number of piperidine rings is 1. The van der Waals surface area contributed by atoms with Gasteiger partial charge in [-0.3, -0.25) is 9.78 Å². The van der Waals surface area contributed by atoms with Crippen molar-refractivity contribution < 1.29 is 9.90 Å². The van der Waals surface area contributed by atoms with Crippen LogP contribution >= 0.6 is 11.3 Å². The van der Waals surface area contributed by atoms with E-state index in [0.29, 0.717) is 25.2 Å². The van der Waals surface area contributed by atoms with Crippen LogP contribution in [0.5, 0.6) is 0 Å². The lowest BCUT2D eigenvalue weighted by molar-refractivity contribution is -0.125. The van der Waals surface area contributed by atoms with Crippen molar-refractivity contribution in [3.8, 4) is 0 Å². The summed E-state index contributed by atoms with van der Waals surface area (Å²) in [5.74, 6) is -0.161. The number of amides is 1. The van der Waals surface area contributed by atoms with Gasteiger partial charge in [-0.1, -0.05) is 47.7 Å². The van der Waals surface area contributed by atoms with Gasteiger partial charge in [-0.05, 0) is 24.1 Å². The molecule has 4 rings (SSSR count). The predicted octanol–water partition coefficient (Wildman–Crippen LogP) is 1.76. The molecule has 2 atom stereocenters. The van der Waals surface area contributed by atoms with Crippen molar-refractivity contribution in [2.24, 2.45) is 0 Å². The molecule has 7 nitrogen and oxygen atoms in total. The van der Waals surface area contributed by atoms with Crippen molar-refractivity contribution >= 4 is 22.4 Å². The highest BCUT2D eigenvalue weighted by molar-refractivity contribution is 7.13. The maximum atomic E-state index is 12.8. The Labute approximate surface area is 167 Å². The maximum absolute atomic E-state index is 12.8. The zero-order valence-corrected chi connectivity index (χ0v) is 16.0. The second-order valence-electron chi connectivity index (χ2n) is 6.82. The highest BCUT2D eigenvalue weighted by Crippen LogP contribution is 2.35. The van der Waals surface area contributed by atoms with E-state index in [1.165, 1.54) is 11.3 Å². The number of benzene rings is 1. The summed E-state index contributed by atoms with van der Waals surface area (Å²) >= 11 is 1.44. The van der Waals surface area contributed by atoms with Gasteiger partial charge in [0.2, 0.25) is 11.0 Å². The second-order valence-corrected chi connectivity index (χ2v) is 7.63. The second kappa shape index (κ2) is 8.04. The molecule has 1 fully saturated rings. The van der Waals surface area contributed by atoms with E-state index >= 15 is 0 Å². The van der Waals surface area contributed by atoms with E-state index in [-0.39, 0.29) is 12.3 Å². The molecule has 3 heterocycles. The summed E-state index contributed by atoms with van der Waals surface area (Å²) in [5, 5.41) is 23.0. The third kappa shape index (κ3) is 3.74. The first-order chi connectivity index (χ1) is 13.7. The van der Waals surface area contributed by atoms with Crippen LogP contribution in [0.4, 0.5) is 5.13 Å². The lowest BCUT2D eigenvalue weighted by Gasteiger charge is -2.46. The van der Waals surface area contributed by atoms with E-state index in [9.17, 15) is 9.90 Å². The summed E-state index contributed by atoms with van der Waals surface area (Å²) in [7, 11) is 0. The fourth-order valence-corrected chi connectivity index (χ4v) is 4.26. The predicted molar refractivity (Wildman–Crippen MR) is 107 cm³/mol. The number of carbonyl (C=O) groups is 1. The van der Waals surface area contributed by atoms with E-state index in [0.717, 1.165) is 10.7 Å². The molecule has 0 saturated carbocycles. The van der Waals surface area contributed by atoms with Gasteiger partial charge >= 0.3 is 0 Å². The Morgan fingerprint density at radius 3 is 2.75 bits per heavy atom. The van der Waals surface area contributed by atoms with E-state index in [1.807, 2.05) is 53.4 Å². The molecular formula is C20H21N5O2S. The quantitative estimate of drug-likeness (QED) is 0.684. The summed E-state index contributed by atoms with van der Waals surface area (Å²) in [6, 6.07) is 15.2. The first-order valence-corrected chi connectivity index (χ1v) is 10.0. The monoisotopic (exact) mass is 395 g/mol. The fourth-order valence-electron chi connectivity index (χ4n) is 3.66. The van der Waals surface area contributed by atoms with Crippen LogP contribution in [-0.2, 0) is 16.8 Å². The first kappa shape index (κ1) is 18.5. The average Bonchev–Trinajstić information content (AvgIpc) is 3.26. The number of aliphatic hydroxyl groups excluding tert-OH is 1. The molecular weight excluding hydrogens is 374 g/mol. The maximum Gasteiger partial charge on any atom is 0.226 e. The summed E-state index contributed by atoms with van der Waals surface area (Å²) in [6.07, 6.45) is 1.61. The molecule has 1 aromatic carbocycles. The minimum Gasteiger partial charge on any atom is -0.388 e. The Balaban J connectivity index is 1.58. The molecule has 3 aromatic rings. The molecule has 8 heteroatoms. The van der Waals surface area contributed by atoms with Crippen LogP contribution in [0.1, 0.15) is 17.7 Å². The van der Waals surface area contributed by atoms with Crippen LogP contribution in [0.3, 0.4) is 0 Å². The lowest BCUT2D eigenvalue weighted by atomic mass is 9.78.